The molecule has 0 bridgehead atoms. The number of amides is 1. The second-order valence-electron chi connectivity index (χ2n) is 9.77. The fourth-order valence-electron chi connectivity index (χ4n) is 5.04. The van der Waals surface area contributed by atoms with E-state index in [1.165, 1.54) is 27.8 Å². The van der Waals surface area contributed by atoms with Crippen LogP contribution in [0.3, 0.4) is 0 Å². The number of nitrogens with zero attached hydrogens (tertiary/aromatic N) is 3. The van der Waals surface area contributed by atoms with Crippen LogP contribution in [0.5, 0.6) is 0 Å². The minimum absolute atomic E-state index is 0.0495. The van der Waals surface area contributed by atoms with Crippen LogP contribution in [-0.2, 0) is 25.9 Å². The zero-order valence-corrected chi connectivity index (χ0v) is 23.1. The van der Waals surface area contributed by atoms with E-state index >= 15 is 0 Å². The van der Waals surface area contributed by atoms with E-state index < -0.39 is 10.0 Å². The lowest BCUT2D eigenvalue weighted by molar-refractivity contribution is -0.0440. The fraction of sp³-hybridized carbons (Fsp3) is 0.481. The Balaban J connectivity index is 1.43. The molecule has 1 amide bonds. The Morgan fingerprint density at radius 2 is 1.86 bits per heavy atom. The summed E-state index contributed by atoms with van der Waals surface area (Å²) in [5, 5.41) is 0.629. The van der Waals surface area contributed by atoms with E-state index in [0.717, 1.165) is 35.0 Å². The van der Waals surface area contributed by atoms with Crippen LogP contribution in [-0.4, -0.2) is 68.2 Å². The molecule has 0 saturated carbocycles. The van der Waals surface area contributed by atoms with Crippen LogP contribution in [0.25, 0.3) is 10.2 Å². The number of thiazole rings is 1. The van der Waals surface area contributed by atoms with Crippen molar-refractivity contribution < 1.29 is 22.7 Å². The number of aromatic nitrogens is 1. The lowest BCUT2D eigenvalue weighted by Crippen LogP contribution is -2.48. The first-order valence-electron chi connectivity index (χ1n) is 12.8. The number of hydrogen-bond acceptors (Lipinski definition) is 7. The molecular weight excluding hydrogens is 510 g/mol. The van der Waals surface area contributed by atoms with Gasteiger partial charge in [0, 0.05) is 25.3 Å². The van der Waals surface area contributed by atoms with Gasteiger partial charge in [0.2, 0.25) is 10.0 Å². The predicted molar refractivity (Wildman–Crippen MR) is 145 cm³/mol. The molecule has 2 aliphatic heterocycles. The van der Waals surface area contributed by atoms with Crippen LogP contribution in [0.4, 0.5) is 5.13 Å². The van der Waals surface area contributed by atoms with Crippen LogP contribution in [0.15, 0.2) is 47.4 Å². The van der Waals surface area contributed by atoms with Gasteiger partial charge in [0.05, 0.1) is 40.0 Å². The molecule has 3 aromatic rings. The molecule has 37 heavy (non-hydrogen) atoms. The molecule has 0 N–H and O–H groups in total. The first-order valence-corrected chi connectivity index (χ1v) is 15.1. The van der Waals surface area contributed by atoms with Crippen molar-refractivity contribution >= 4 is 42.6 Å². The van der Waals surface area contributed by atoms with Crippen LogP contribution < -0.4 is 4.90 Å². The Bertz CT molecular complexity index is 1360. The van der Waals surface area contributed by atoms with Crippen molar-refractivity contribution in [3.05, 3.63) is 53.6 Å². The van der Waals surface area contributed by atoms with E-state index in [9.17, 15) is 13.2 Å². The molecule has 5 rings (SSSR count). The first-order chi connectivity index (χ1) is 17.8. The summed E-state index contributed by atoms with van der Waals surface area (Å²) >= 11 is 1.49. The molecule has 2 aromatic carbocycles. The normalized spacial score (nSPS) is 22.9. The summed E-state index contributed by atoms with van der Waals surface area (Å²) in [6.45, 7) is 7.54. The second-order valence-corrected chi connectivity index (χ2v) is 12.7. The van der Waals surface area contributed by atoms with Crippen molar-refractivity contribution in [1.82, 2.24) is 9.29 Å². The Morgan fingerprint density at radius 1 is 1.14 bits per heavy atom. The minimum atomic E-state index is -3.69. The van der Waals surface area contributed by atoms with Gasteiger partial charge in [-0.25, -0.2) is 13.4 Å². The van der Waals surface area contributed by atoms with Gasteiger partial charge in [0.1, 0.15) is 0 Å². The van der Waals surface area contributed by atoms with E-state index in [1.807, 2.05) is 26.0 Å². The van der Waals surface area contributed by atoms with Gasteiger partial charge in [-0.2, -0.15) is 4.31 Å². The SMILES string of the molecule is CCc1cccc2sc(N(CC3CCCO3)C(=O)c3ccc(S(=O)(=O)N4CC(C)OC(C)C4)cc3)nc12. The zero-order valence-electron chi connectivity index (χ0n) is 21.4. The number of sulfonamides is 1. The summed E-state index contributed by atoms with van der Waals surface area (Å²) in [5.74, 6) is -0.217. The molecule has 3 atom stereocenters. The van der Waals surface area contributed by atoms with Crippen LogP contribution in [0, 0.1) is 0 Å². The maximum absolute atomic E-state index is 13.8. The van der Waals surface area contributed by atoms with E-state index in [0.29, 0.717) is 36.9 Å². The number of rotatable bonds is 7. The molecular formula is C27H33N3O5S2. The highest BCUT2D eigenvalue weighted by Gasteiger charge is 2.33. The molecule has 0 radical (unpaired) electrons. The quantitative estimate of drug-likeness (QED) is 0.437. The van der Waals surface area contributed by atoms with E-state index in [2.05, 4.69) is 13.0 Å². The molecule has 2 fully saturated rings. The van der Waals surface area contributed by atoms with Gasteiger partial charge in [0.25, 0.3) is 5.91 Å². The predicted octanol–water partition coefficient (Wildman–Crippen LogP) is 4.48. The number of carbonyl (C=O) groups excluding carboxylic acids is 1. The van der Waals surface area contributed by atoms with Crippen LogP contribution >= 0.6 is 11.3 Å². The number of benzene rings is 2. The highest BCUT2D eigenvalue weighted by atomic mass is 32.2. The second kappa shape index (κ2) is 10.8. The summed E-state index contributed by atoms with van der Waals surface area (Å²) in [4.78, 5) is 20.5. The minimum Gasteiger partial charge on any atom is -0.376 e. The highest BCUT2D eigenvalue weighted by molar-refractivity contribution is 7.89. The zero-order chi connectivity index (χ0) is 26.2. The maximum Gasteiger partial charge on any atom is 0.260 e. The number of hydrogen-bond donors (Lipinski definition) is 0. The van der Waals surface area contributed by atoms with Gasteiger partial charge in [-0.05, 0) is 69.0 Å². The van der Waals surface area contributed by atoms with Gasteiger partial charge in [-0.15, -0.1) is 0 Å². The Hall–Kier alpha value is -2.37. The van der Waals surface area contributed by atoms with Gasteiger partial charge in [0.15, 0.2) is 5.13 Å². The smallest absolute Gasteiger partial charge is 0.260 e. The number of para-hydroxylation sites is 1. The molecule has 3 heterocycles. The summed E-state index contributed by atoms with van der Waals surface area (Å²) in [5.41, 5.74) is 2.48. The summed E-state index contributed by atoms with van der Waals surface area (Å²) in [6, 6.07) is 12.3. The molecule has 1 aromatic heterocycles. The van der Waals surface area contributed by atoms with Gasteiger partial charge < -0.3 is 9.47 Å². The third kappa shape index (κ3) is 5.44. The van der Waals surface area contributed by atoms with Crippen LogP contribution in [0.2, 0.25) is 0 Å². The van der Waals surface area contributed by atoms with Crippen molar-refractivity contribution in [2.24, 2.45) is 0 Å². The lowest BCUT2D eigenvalue weighted by Gasteiger charge is -2.34. The average Bonchev–Trinajstić information content (AvgIpc) is 3.56. The summed E-state index contributed by atoms with van der Waals surface area (Å²) in [7, 11) is -3.69. The number of anilines is 1. The number of fused-ring (bicyclic) bond motifs is 1. The Labute approximate surface area is 222 Å². The average molecular weight is 544 g/mol. The van der Waals surface area contributed by atoms with Crippen molar-refractivity contribution in [2.75, 3.05) is 31.1 Å². The Kier molecular flexibility index (Phi) is 7.65. The summed E-state index contributed by atoms with van der Waals surface area (Å²) < 4.78 is 40.5. The Morgan fingerprint density at radius 3 is 2.51 bits per heavy atom. The van der Waals surface area contributed by atoms with E-state index in [-0.39, 0.29) is 29.1 Å². The topological polar surface area (TPSA) is 89.0 Å². The van der Waals surface area contributed by atoms with Crippen molar-refractivity contribution in [1.29, 1.82) is 0 Å². The maximum atomic E-state index is 13.8. The number of aryl methyl sites for hydroxylation is 1. The first kappa shape index (κ1) is 26.2. The van der Waals surface area contributed by atoms with Gasteiger partial charge in [-0.3, -0.25) is 9.69 Å². The lowest BCUT2D eigenvalue weighted by atomic mass is 10.1. The largest absolute Gasteiger partial charge is 0.376 e. The highest BCUT2D eigenvalue weighted by Crippen LogP contribution is 2.33. The van der Waals surface area contributed by atoms with Crippen molar-refractivity contribution in [3.63, 3.8) is 0 Å². The number of morpholine rings is 1. The molecule has 3 unspecified atom stereocenters. The summed E-state index contributed by atoms with van der Waals surface area (Å²) in [6.07, 6.45) is 2.32. The standard InChI is InChI=1S/C27H33N3O5S2/c1-4-20-7-5-9-24-25(20)28-27(36-24)30(17-22-8-6-14-34-22)26(31)21-10-12-23(13-11-21)37(32,33)29-15-18(2)35-19(3)16-29/h5,7,9-13,18-19,22H,4,6,8,14-17H2,1-3H3. The van der Waals surface area contributed by atoms with Gasteiger partial charge in [-0.1, -0.05) is 30.4 Å². The molecule has 0 spiro atoms. The molecule has 8 nitrogen and oxygen atoms in total. The molecule has 10 heteroatoms. The monoisotopic (exact) mass is 543 g/mol. The fourth-order valence-corrected chi connectivity index (χ4v) is 7.65. The third-order valence-corrected chi connectivity index (χ3v) is 9.77. The molecule has 2 saturated heterocycles. The molecule has 198 valence electrons. The van der Waals surface area contributed by atoms with E-state index in [1.54, 1.807) is 17.0 Å². The van der Waals surface area contributed by atoms with Gasteiger partial charge >= 0.3 is 0 Å². The third-order valence-electron chi connectivity index (χ3n) is 6.88. The molecule has 0 aliphatic carbocycles. The molecule has 2 aliphatic rings. The number of ether oxygens (including phenoxy) is 2. The van der Waals surface area contributed by atoms with Crippen molar-refractivity contribution in [3.8, 4) is 0 Å². The van der Waals surface area contributed by atoms with E-state index in [4.69, 9.17) is 14.5 Å². The number of carbonyl (C=O) groups is 1. The van der Waals surface area contributed by atoms with Crippen LogP contribution in [0.1, 0.15) is 49.5 Å². The van der Waals surface area contributed by atoms with Crippen molar-refractivity contribution in [2.45, 2.75) is 63.2 Å².